The Hall–Kier alpha value is -7.30. The zero-order chi connectivity index (χ0) is 46.1. The maximum Gasteiger partial charge on any atom is 0.159 e. The first-order chi connectivity index (χ1) is 32.2. The van der Waals surface area contributed by atoms with Crippen molar-refractivity contribution in [1.29, 1.82) is 0 Å². The molecule has 10 aromatic rings. The molecule has 0 bridgehead atoms. The average molecular weight is 873 g/mol. The summed E-state index contributed by atoms with van der Waals surface area (Å²) < 4.78 is 14.5. The van der Waals surface area contributed by atoms with Gasteiger partial charge in [0.1, 0.15) is 16.9 Å². The van der Waals surface area contributed by atoms with Crippen molar-refractivity contribution in [3.05, 3.63) is 198 Å². The number of para-hydroxylation sites is 3. The molecule has 0 amide bonds. The lowest BCUT2D eigenvalue weighted by atomic mass is 9.68. The van der Waals surface area contributed by atoms with E-state index in [1.807, 2.05) is 0 Å². The van der Waals surface area contributed by atoms with E-state index in [0.717, 1.165) is 61.8 Å². The number of ether oxygens (including phenoxy) is 1. The number of anilines is 6. The zero-order valence-electron chi connectivity index (χ0n) is 40.0. The quantitative estimate of drug-likeness (QED) is 0.156. The number of nitrogens with zero attached hydrogens (tertiary/aromatic N) is 2. The average Bonchev–Trinajstić information content (AvgIpc) is 3.84. The first-order valence-corrected chi connectivity index (χ1v) is 23.8. The summed E-state index contributed by atoms with van der Waals surface area (Å²) in [7, 11) is 0. The number of rotatable bonds is 6. The van der Waals surface area contributed by atoms with Crippen molar-refractivity contribution in [1.82, 2.24) is 0 Å². The highest BCUT2D eigenvalue weighted by molar-refractivity contribution is 6.28. The van der Waals surface area contributed by atoms with Crippen LogP contribution in [0, 0.1) is 19.3 Å². The summed E-state index contributed by atoms with van der Waals surface area (Å²) in [5.74, 6) is 1.04. The van der Waals surface area contributed by atoms with Crippen LogP contribution < -0.4 is 14.5 Å². The normalized spacial score (nSPS) is 17.1. The first-order valence-electron chi connectivity index (χ1n) is 23.8. The summed E-state index contributed by atoms with van der Waals surface area (Å²) >= 11 is 0. The summed E-state index contributed by atoms with van der Waals surface area (Å²) in [6.45, 7) is 20.3. The van der Waals surface area contributed by atoms with Crippen LogP contribution in [-0.2, 0) is 5.41 Å². The van der Waals surface area contributed by atoms with Gasteiger partial charge < -0.3 is 19.0 Å². The number of hydrogen-bond acceptors (Lipinski definition) is 4. The van der Waals surface area contributed by atoms with E-state index in [2.05, 4.69) is 242 Å². The van der Waals surface area contributed by atoms with Gasteiger partial charge in [0, 0.05) is 50.0 Å². The van der Waals surface area contributed by atoms with Gasteiger partial charge >= 0.3 is 0 Å². The number of hydrogen-bond donors (Lipinski definition) is 0. The number of aryl methyl sites for hydroxylation is 2. The van der Waals surface area contributed by atoms with E-state index in [4.69, 9.17) is 9.15 Å². The topological polar surface area (TPSA) is 28.9 Å². The molecule has 4 nitrogen and oxygen atoms in total. The molecule has 0 fully saturated rings. The Morgan fingerprint density at radius 2 is 1.04 bits per heavy atom. The van der Waals surface area contributed by atoms with Gasteiger partial charge in [-0.1, -0.05) is 163 Å². The molecular formula is C63H56N2O2. The van der Waals surface area contributed by atoms with E-state index in [1.54, 1.807) is 0 Å². The van der Waals surface area contributed by atoms with Gasteiger partial charge in [0.25, 0.3) is 0 Å². The SMILES string of the molecule is Cc1cccc(N(c2cccc3c2OC2(C)C(C(C)(C)C)=CC=CC32)c2ccc3ccc4c(N(c5cccc(C)c5)c5cccc6c5oc5c(C(C)(C)C)cccc56)ccc5ccc2c3c54)c1. The van der Waals surface area contributed by atoms with Gasteiger partial charge in [-0.25, -0.2) is 0 Å². The van der Waals surface area contributed by atoms with Crippen LogP contribution in [0.15, 0.2) is 180 Å². The molecule has 2 heterocycles. The van der Waals surface area contributed by atoms with Crippen molar-refractivity contribution < 1.29 is 9.15 Å². The fourth-order valence-electron chi connectivity index (χ4n) is 11.7. The molecule has 1 aliphatic carbocycles. The molecule has 330 valence electrons. The molecule has 4 heteroatoms. The molecule has 1 aliphatic heterocycles. The van der Waals surface area contributed by atoms with Crippen LogP contribution in [0.3, 0.4) is 0 Å². The summed E-state index contributed by atoms with van der Waals surface area (Å²) in [4.78, 5) is 4.86. The first kappa shape index (κ1) is 41.2. The minimum atomic E-state index is -0.506. The van der Waals surface area contributed by atoms with Gasteiger partial charge in [0.15, 0.2) is 5.58 Å². The number of furan rings is 1. The minimum Gasteiger partial charge on any atom is -0.480 e. The van der Waals surface area contributed by atoms with Crippen molar-refractivity contribution in [2.75, 3.05) is 9.80 Å². The monoisotopic (exact) mass is 872 g/mol. The fourth-order valence-corrected chi connectivity index (χ4v) is 11.7. The van der Waals surface area contributed by atoms with Gasteiger partial charge in [0.2, 0.25) is 0 Å². The van der Waals surface area contributed by atoms with Crippen molar-refractivity contribution in [2.45, 2.75) is 79.2 Å². The molecule has 2 atom stereocenters. The Balaban J connectivity index is 1.10. The van der Waals surface area contributed by atoms with E-state index in [9.17, 15) is 0 Å². The molecule has 0 saturated heterocycles. The highest BCUT2D eigenvalue weighted by Crippen LogP contribution is 2.59. The van der Waals surface area contributed by atoms with Gasteiger partial charge in [0.05, 0.1) is 22.7 Å². The largest absolute Gasteiger partial charge is 0.480 e. The summed E-state index contributed by atoms with van der Waals surface area (Å²) in [5, 5.41) is 9.48. The lowest BCUT2D eigenvalue weighted by molar-refractivity contribution is 0.118. The van der Waals surface area contributed by atoms with Gasteiger partial charge in [-0.15, -0.1) is 0 Å². The molecule has 2 aliphatic rings. The lowest BCUT2D eigenvalue weighted by Crippen LogP contribution is -2.42. The van der Waals surface area contributed by atoms with Gasteiger partial charge in [-0.2, -0.15) is 0 Å². The molecule has 1 aromatic heterocycles. The van der Waals surface area contributed by atoms with Crippen LogP contribution in [0.2, 0.25) is 0 Å². The van der Waals surface area contributed by atoms with Gasteiger partial charge in [-0.3, -0.25) is 0 Å². The summed E-state index contributed by atoms with van der Waals surface area (Å²) in [6.07, 6.45) is 6.83. The van der Waals surface area contributed by atoms with E-state index in [0.29, 0.717) is 0 Å². The van der Waals surface area contributed by atoms with E-state index >= 15 is 0 Å². The fraction of sp³-hybridized carbons (Fsp3) is 0.206. The highest BCUT2D eigenvalue weighted by atomic mass is 16.5. The molecule has 0 saturated carbocycles. The van der Waals surface area contributed by atoms with Crippen LogP contribution in [-0.4, -0.2) is 5.60 Å². The van der Waals surface area contributed by atoms with Crippen molar-refractivity contribution in [3.8, 4) is 5.75 Å². The van der Waals surface area contributed by atoms with E-state index in [1.165, 1.54) is 60.1 Å². The predicted octanol–water partition coefficient (Wildman–Crippen LogP) is 18.1. The summed E-state index contributed by atoms with van der Waals surface area (Å²) in [5.41, 5.74) is 13.7. The number of benzene rings is 9. The third-order valence-electron chi connectivity index (χ3n) is 14.6. The van der Waals surface area contributed by atoms with Crippen LogP contribution in [0.25, 0.3) is 54.3 Å². The predicted molar refractivity (Wildman–Crippen MR) is 283 cm³/mol. The molecule has 67 heavy (non-hydrogen) atoms. The van der Waals surface area contributed by atoms with E-state index < -0.39 is 5.60 Å². The molecule has 0 N–H and O–H groups in total. The maximum absolute atomic E-state index is 7.38. The molecule has 9 aromatic carbocycles. The maximum atomic E-state index is 7.38. The highest BCUT2D eigenvalue weighted by Gasteiger charge is 2.51. The molecule has 2 unspecified atom stereocenters. The Labute approximate surface area is 393 Å². The van der Waals surface area contributed by atoms with Crippen LogP contribution >= 0.6 is 0 Å². The smallest absolute Gasteiger partial charge is 0.159 e. The van der Waals surface area contributed by atoms with Crippen molar-refractivity contribution in [2.24, 2.45) is 5.41 Å². The van der Waals surface area contributed by atoms with Crippen LogP contribution in [0.5, 0.6) is 5.75 Å². The van der Waals surface area contributed by atoms with Gasteiger partial charge in [-0.05, 0) is 118 Å². The summed E-state index contributed by atoms with van der Waals surface area (Å²) in [6, 6.07) is 56.1. The Morgan fingerprint density at radius 3 is 1.64 bits per heavy atom. The van der Waals surface area contributed by atoms with Crippen LogP contribution in [0.4, 0.5) is 34.1 Å². The second-order valence-electron chi connectivity index (χ2n) is 21.2. The molecular weight excluding hydrogens is 817 g/mol. The Bertz CT molecular complexity index is 3700. The second kappa shape index (κ2) is 14.6. The van der Waals surface area contributed by atoms with Crippen molar-refractivity contribution >= 4 is 88.4 Å². The zero-order valence-corrected chi connectivity index (χ0v) is 40.0. The molecule has 0 spiro atoms. The second-order valence-corrected chi connectivity index (χ2v) is 21.2. The third kappa shape index (κ3) is 6.25. The van der Waals surface area contributed by atoms with E-state index in [-0.39, 0.29) is 16.7 Å². The van der Waals surface area contributed by atoms with Crippen molar-refractivity contribution in [3.63, 3.8) is 0 Å². The third-order valence-corrected chi connectivity index (χ3v) is 14.6. The van der Waals surface area contributed by atoms with Crippen LogP contribution in [0.1, 0.15) is 76.6 Å². The molecule has 0 radical (unpaired) electrons. The standard InChI is InChI=1S/C63H56N2O2/c1-38-16-10-18-42(36-38)64(53-25-13-21-45-44-20-12-24-50(61(3,4)5)58(44)66-59(45)53)51-34-30-40-29-33-48-52(35-31-41-28-32-47(51)56(40)57(41)48)65(43-19-11-17-39(2)37-43)54-26-14-22-46-49-23-15-27-55(62(6,7)8)63(49,9)67-60(46)54/h10-37,49H,1-9H3. The lowest BCUT2D eigenvalue weighted by Gasteiger charge is -2.40. The molecule has 12 rings (SSSR count). The number of allylic oxidation sites excluding steroid dienone is 2. The minimum absolute atomic E-state index is 0.0651. The Morgan fingerprint density at radius 1 is 0.507 bits per heavy atom. The number of fused-ring (bicyclic) bond motifs is 6. The Kier molecular flexibility index (Phi) is 8.97.